The minimum Gasteiger partial charge on any atom is -0.379 e. The summed E-state index contributed by atoms with van der Waals surface area (Å²) in [6.07, 6.45) is 4.37. The summed E-state index contributed by atoms with van der Waals surface area (Å²) in [5, 5.41) is 5.57. The molecule has 1 aliphatic rings. The Kier molecular flexibility index (Phi) is 5.89. The quantitative estimate of drug-likeness (QED) is 0.803. The van der Waals surface area contributed by atoms with Gasteiger partial charge < -0.3 is 15.4 Å². The second kappa shape index (κ2) is 7.89. The first-order valence-corrected chi connectivity index (χ1v) is 7.60. The number of aromatic nitrogens is 1. The number of hydrogen-bond acceptors (Lipinski definition) is 4. The van der Waals surface area contributed by atoms with Gasteiger partial charge in [-0.1, -0.05) is 13.8 Å². The minimum absolute atomic E-state index is 0.00941. The number of carbonyl (C=O) groups excluding carboxylic acids is 2. The standard InChI is InChI=1S/C16H23N3O3/c1-11(2)16(21)18-8-15(20)19-14-10-22-9-13(14)7-12-3-5-17-6-4-12/h3-6,11,13-14H,7-10H2,1-2H3,(H,18,21)(H,19,20)/t13-,14+/m1/s1. The summed E-state index contributed by atoms with van der Waals surface area (Å²) in [5.74, 6) is -0.176. The molecule has 2 amide bonds. The van der Waals surface area contributed by atoms with Gasteiger partial charge in [0.2, 0.25) is 11.8 Å². The molecule has 22 heavy (non-hydrogen) atoms. The number of ether oxygens (including phenoxy) is 1. The fourth-order valence-electron chi connectivity index (χ4n) is 2.41. The first-order valence-electron chi connectivity index (χ1n) is 7.60. The van der Waals surface area contributed by atoms with Crippen molar-refractivity contribution in [2.24, 2.45) is 11.8 Å². The number of carbonyl (C=O) groups is 2. The topological polar surface area (TPSA) is 80.3 Å². The number of amides is 2. The number of rotatable bonds is 6. The Morgan fingerprint density at radius 2 is 2.05 bits per heavy atom. The van der Waals surface area contributed by atoms with Crippen LogP contribution < -0.4 is 10.6 Å². The summed E-state index contributed by atoms with van der Waals surface area (Å²) in [4.78, 5) is 27.4. The molecule has 0 spiro atoms. The third kappa shape index (κ3) is 4.80. The van der Waals surface area contributed by atoms with E-state index in [0.717, 1.165) is 6.42 Å². The lowest BCUT2D eigenvalue weighted by Crippen LogP contribution is -2.45. The van der Waals surface area contributed by atoms with E-state index in [0.29, 0.717) is 13.2 Å². The zero-order chi connectivity index (χ0) is 15.9. The van der Waals surface area contributed by atoms with E-state index < -0.39 is 0 Å². The van der Waals surface area contributed by atoms with Crippen LogP contribution >= 0.6 is 0 Å². The fourth-order valence-corrected chi connectivity index (χ4v) is 2.41. The Bertz CT molecular complexity index is 505. The van der Waals surface area contributed by atoms with Gasteiger partial charge in [-0.2, -0.15) is 0 Å². The van der Waals surface area contributed by atoms with Gasteiger partial charge in [0.15, 0.2) is 0 Å². The van der Waals surface area contributed by atoms with Gasteiger partial charge in [0.25, 0.3) is 0 Å². The average Bonchev–Trinajstić information content (AvgIpc) is 2.92. The predicted molar refractivity (Wildman–Crippen MR) is 82.0 cm³/mol. The summed E-state index contributed by atoms with van der Waals surface area (Å²) < 4.78 is 5.49. The first kappa shape index (κ1) is 16.4. The van der Waals surface area contributed by atoms with Crippen molar-refractivity contribution >= 4 is 11.8 Å². The Balaban J connectivity index is 1.81. The minimum atomic E-state index is -0.177. The molecule has 2 heterocycles. The molecule has 6 heteroatoms. The average molecular weight is 305 g/mol. The number of hydrogen-bond donors (Lipinski definition) is 2. The molecule has 0 unspecified atom stereocenters. The summed E-state index contributed by atoms with van der Waals surface area (Å²) >= 11 is 0. The van der Waals surface area contributed by atoms with Gasteiger partial charge in [-0.3, -0.25) is 14.6 Å². The summed E-state index contributed by atoms with van der Waals surface area (Å²) in [7, 11) is 0. The Morgan fingerprint density at radius 1 is 1.32 bits per heavy atom. The van der Waals surface area contributed by atoms with Gasteiger partial charge in [0.05, 0.1) is 25.8 Å². The zero-order valence-electron chi connectivity index (χ0n) is 13.0. The van der Waals surface area contributed by atoms with E-state index in [2.05, 4.69) is 15.6 Å². The van der Waals surface area contributed by atoms with Gasteiger partial charge in [-0.05, 0) is 24.1 Å². The van der Waals surface area contributed by atoms with Crippen LogP contribution in [0.3, 0.4) is 0 Å². The lowest BCUT2D eigenvalue weighted by atomic mass is 9.95. The fraction of sp³-hybridized carbons (Fsp3) is 0.562. The van der Waals surface area contributed by atoms with Crippen molar-refractivity contribution in [3.63, 3.8) is 0 Å². The molecule has 1 fully saturated rings. The molecule has 0 bridgehead atoms. The molecule has 6 nitrogen and oxygen atoms in total. The van der Waals surface area contributed by atoms with Crippen molar-refractivity contribution in [3.05, 3.63) is 30.1 Å². The summed E-state index contributed by atoms with van der Waals surface area (Å²) in [6, 6.07) is 3.93. The van der Waals surface area contributed by atoms with Crippen molar-refractivity contribution in [2.75, 3.05) is 19.8 Å². The van der Waals surface area contributed by atoms with Gasteiger partial charge in [0, 0.05) is 24.2 Å². The van der Waals surface area contributed by atoms with E-state index in [4.69, 9.17) is 4.74 Å². The maximum Gasteiger partial charge on any atom is 0.239 e. The van der Waals surface area contributed by atoms with Gasteiger partial charge >= 0.3 is 0 Å². The molecular weight excluding hydrogens is 282 g/mol. The van der Waals surface area contributed by atoms with E-state index >= 15 is 0 Å². The smallest absolute Gasteiger partial charge is 0.239 e. The Morgan fingerprint density at radius 3 is 2.73 bits per heavy atom. The lowest BCUT2D eigenvalue weighted by Gasteiger charge is -2.19. The highest BCUT2D eigenvalue weighted by Gasteiger charge is 2.29. The SMILES string of the molecule is CC(C)C(=O)NCC(=O)N[C@H]1COC[C@H]1Cc1ccncc1. The normalized spacial score (nSPS) is 20.9. The highest BCUT2D eigenvalue weighted by molar-refractivity contribution is 5.85. The molecule has 2 rings (SSSR count). The predicted octanol–water partition coefficient (Wildman–Crippen LogP) is 0.528. The molecule has 1 aliphatic heterocycles. The molecule has 2 N–H and O–H groups in total. The van der Waals surface area contributed by atoms with Crippen LogP contribution in [0.4, 0.5) is 0 Å². The molecule has 120 valence electrons. The third-order valence-electron chi connectivity index (χ3n) is 3.74. The molecule has 1 aromatic rings. The maximum atomic E-state index is 11.9. The van der Waals surface area contributed by atoms with Gasteiger partial charge in [-0.15, -0.1) is 0 Å². The van der Waals surface area contributed by atoms with E-state index in [1.807, 2.05) is 12.1 Å². The summed E-state index contributed by atoms with van der Waals surface area (Å²) in [5.41, 5.74) is 1.18. The van der Waals surface area contributed by atoms with Crippen molar-refractivity contribution in [3.8, 4) is 0 Å². The van der Waals surface area contributed by atoms with Gasteiger partial charge in [0.1, 0.15) is 0 Å². The van der Waals surface area contributed by atoms with Gasteiger partial charge in [-0.25, -0.2) is 0 Å². The van der Waals surface area contributed by atoms with Crippen LogP contribution in [0, 0.1) is 11.8 Å². The molecular formula is C16H23N3O3. The Labute approximate surface area is 130 Å². The molecule has 0 aliphatic carbocycles. The maximum absolute atomic E-state index is 11.9. The molecule has 0 saturated carbocycles. The molecule has 0 radical (unpaired) electrons. The van der Waals surface area contributed by atoms with E-state index in [1.165, 1.54) is 5.56 Å². The van der Waals surface area contributed by atoms with E-state index in [-0.39, 0.29) is 36.2 Å². The third-order valence-corrected chi connectivity index (χ3v) is 3.74. The van der Waals surface area contributed by atoms with E-state index in [9.17, 15) is 9.59 Å². The monoisotopic (exact) mass is 305 g/mol. The van der Waals surface area contributed by atoms with Crippen LogP contribution in [-0.4, -0.2) is 42.6 Å². The van der Waals surface area contributed by atoms with Crippen LogP contribution in [0.5, 0.6) is 0 Å². The van der Waals surface area contributed by atoms with E-state index in [1.54, 1.807) is 26.2 Å². The second-order valence-electron chi connectivity index (χ2n) is 5.90. The molecule has 1 saturated heterocycles. The van der Waals surface area contributed by atoms with Crippen LogP contribution in [0.25, 0.3) is 0 Å². The first-order chi connectivity index (χ1) is 10.6. The second-order valence-corrected chi connectivity index (χ2v) is 5.90. The largest absolute Gasteiger partial charge is 0.379 e. The zero-order valence-corrected chi connectivity index (χ0v) is 13.0. The van der Waals surface area contributed by atoms with Crippen LogP contribution in [0.15, 0.2) is 24.5 Å². The molecule has 2 atom stereocenters. The van der Waals surface area contributed by atoms with Crippen LogP contribution in [-0.2, 0) is 20.7 Å². The lowest BCUT2D eigenvalue weighted by molar-refractivity contribution is -0.128. The number of nitrogens with zero attached hydrogens (tertiary/aromatic N) is 1. The van der Waals surface area contributed by atoms with Crippen molar-refractivity contribution < 1.29 is 14.3 Å². The molecule has 1 aromatic heterocycles. The molecule has 0 aromatic carbocycles. The Hall–Kier alpha value is -1.95. The van der Waals surface area contributed by atoms with Crippen LogP contribution in [0.1, 0.15) is 19.4 Å². The van der Waals surface area contributed by atoms with Crippen molar-refractivity contribution in [1.82, 2.24) is 15.6 Å². The number of nitrogens with one attached hydrogen (secondary N) is 2. The summed E-state index contributed by atoms with van der Waals surface area (Å²) in [6.45, 7) is 4.74. The van der Waals surface area contributed by atoms with Crippen molar-refractivity contribution in [2.45, 2.75) is 26.3 Å². The van der Waals surface area contributed by atoms with Crippen LogP contribution in [0.2, 0.25) is 0 Å². The highest BCUT2D eigenvalue weighted by atomic mass is 16.5. The van der Waals surface area contributed by atoms with Crippen molar-refractivity contribution in [1.29, 1.82) is 0 Å². The highest BCUT2D eigenvalue weighted by Crippen LogP contribution is 2.18. The number of pyridine rings is 1.